The van der Waals surface area contributed by atoms with Crippen LogP contribution in [0.3, 0.4) is 0 Å². The van der Waals surface area contributed by atoms with Crippen LogP contribution in [0.15, 0.2) is 28.2 Å². The van der Waals surface area contributed by atoms with E-state index in [0.717, 1.165) is 5.56 Å². The smallest absolute Gasteiger partial charge is 0.226 e. The molecule has 1 heterocycles. The standard InChI is InChI=1S/C14H20ClN5O2.ClH/c1-4-21-11-6-5-10(15)7-9(11)8-22-20-13(17)18-12(16)19-14(20,2)3;/h5-7H,4,8H2,1-3H3,(H4,16,17,18,19);1H. The molecule has 1 aliphatic heterocycles. The molecule has 0 spiro atoms. The highest BCUT2D eigenvalue weighted by molar-refractivity contribution is 6.30. The summed E-state index contributed by atoms with van der Waals surface area (Å²) in [6.45, 7) is 6.32. The predicted molar refractivity (Wildman–Crippen MR) is 93.8 cm³/mol. The highest BCUT2D eigenvalue weighted by atomic mass is 35.5. The third-order valence-corrected chi connectivity index (χ3v) is 3.23. The molecule has 1 aliphatic rings. The molecular weight excluding hydrogens is 341 g/mol. The maximum atomic E-state index is 6.03. The minimum atomic E-state index is -0.750. The van der Waals surface area contributed by atoms with Gasteiger partial charge in [-0.3, -0.25) is 4.84 Å². The molecule has 1 aromatic rings. The summed E-state index contributed by atoms with van der Waals surface area (Å²) >= 11 is 6.03. The van der Waals surface area contributed by atoms with E-state index in [2.05, 4.69) is 9.98 Å². The largest absolute Gasteiger partial charge is 0.494 e. The molecule has 23 heavy (non-hydrogen) atoms. The Morgan fingerprint density at radius 2 is 2.00 bits per heavy atom. The van der Waals surface area contributed by atoms with Crippen molar-refractivity contribution in [2.24, 2.45) is 21.5 Å². The second-order valence-corrected chi connectivity index (χ2v) is 5.62. The van der Waals surface area contributed by atoms with Crippen molar-refractivity contribution >= 4 is 35.9 Å². The Morgan fingerprint density at radius 3 is 2.61 bits per heavy atom. The lowest BCUT2D eigenvalue weighted by atomic mass is 10.2. The molecule has 0 saturated carbocycles. The number of rotatable bonds is 5. The van der Waals surface area contributed by atoms with Gasteiger partial charge in [-0.05, 0) is 39.0 Å². The van der Waals surface area contributed by atoms with Gasteiger partial charge in [0, 0.05) is 10.6 Å². The second kappa shape index (κ2) is 7.72. The quantitative estimate of drug-likeness (QED) is 0.837. The zero-order chi connectivity index (χ0) is 16.3. The number of nitrogens with zero attached hydrogens (tertiary/aromatic N) is 3. The van der Waals surface area contributed by atoms with E-state index in [0.29, 0.717) is 17.4 Å². The van der Waals surface area contributed by atoms with Crippen molar-refractivity contribution in [3.63, 3.8) is 0 Å². The van der Waals surface area contributed by atoms with Gasteiger partial charge in [-0.15, -0.1) is 12.4 Å². The zero-order valence-electron chi connectivity index (χ0n) is 13.2. The van der Waals surface area contributed by atoms with Gasteiger partial charge in [-0.25, -0.2) is 4.99 Å². The van der Waals surface area contributed by atoms with E-state index in [-0.39, 0.29) is 30.9 Å². The minimum absolute atomic E-state index is 0. The summed E-state index contributed by atoms with van der Waals surface area (Å²) in [5, 5.41) is 2.02. The topological polar surface area (TPSA) is 98.5 Å². The van der Waals surface area contributed by atoms with E-state index in [1.54, 1.807) is 18.2 Å². The molecular formula is C14H21Cl2N5O2. The van der Waals surface area contributed by atoms with Crippen molar-refractivity contribution in [1.29, 1.82) is 0 Å². The van der Waals surface area contributed by atoms with Crippen LogP contribution >= 0.6 is 24.0 Å². The minimum Gasteiger partial charge on any atom is -0.494 e. The number of benzene rings is 1. The van der Waals surface area contributed by atoms with Crippen molar-refractivity contribution in [2.75, 3.05) is 6.61 Å². The Hall–Kier alpha value is -1.70. The summed E-state index contributed by atoms with van der Waals surface area (Å²) in [7, 11) is 0. The number of hydrogen-bond donors (Lipinski definition) is 2. The molecule has 2 rings (SSSR count). The number of aliphatic imine (C=N–C) groups is 2. The molecule has 0 unspecified atom stereocenters. The monoisotopic (exact) mass is 361 g/mol. The molecule has 0 fully saturated rings. The lowest BCUT2D eigenvalue weighted by Gasteiger charge is -2.36. The van der Waals surface area contributed by atoms with Crippen molar-refractivity contribution in [3.05, 3.63) is 28.8 Å². The Bertz CT molecular complexity index is 619. The Kier molecular flexibility index (Phi) is 6.49. The van der Waals surface area contributed by atoms with Crippen LogP contribution in [0, 0.1) is 0 Å². The molecule has 0 aliphatic carbocycles. The van der Waals surface area contributed by atoms with Gasteiger partial charge >= 0.3 is 0 Å². The van der Waals surface area contributed by atoms with Crippen molar-refractivity contribution in [2.45, 2.75) is 33.0 Å². The second-order valence-electron chi connectivity index (χ2n) is 5.19. The molecule has 0 bridgehead atoms. The summed E-state index contributed by atoms with van der Waals surface area (Å²) < 4.78 is 5.56. The fourth-order valence-electron chi connectivity index (χ4n) is 2.11. The van der Waals surface area contributed by atoms with Gasteiger partial charge in [0.15, 0.2) is 5.66 Å². The van der Waals surface area contributed by atoms with Crippen LogP contribution in [0.5, 0.6) is 5.75 Å². The first-order valence-electron chi connectivity index (χ1n) is 6.87. The van der Waals surface area contributed by atoms with Crippen LogP contribution < -0.4 is 16.2 Å². The molecule has 128 valence electrons. The molecule has 0 amide bonds. The molecule has 0 atom stereocenters. The summed E-state index contributed by atoms with van der Waals surface area (Å²) in [5.41, 5.74) is 11.5. The summed E-state index contributed by atoms with van der Waals surface area (Å²) in [6.07, 6.45) is 0. The first kappa shape index (κ1) is 19.3. The number of nitrogens with two attached hydrogens (primary N) is 2. The van der Waals surface area contributed by atoms with Crippen LogP contribution in [0.1, 0.15) is 26.3 Å². The van der Waals surface area contributed by atoms with Gasteiger partial charge < -0.3 is 16.2 Å². The molecule has 4 N–H and O–H groups in total. The molecule has 0 saturated heterocycles. The molecule has 0 aromatic heterocycles. The van der Waals surface area contributed by atoms with Gasteiger partial charge in [0.25, 0.3) is 0 Å². The third kappa shape index (κ3) is 4.63. The van der Waals surface area contributed by atoms with Crippen LogP contribution in [-0.4, -0.2) is 29.3 Å². The Morgan fingerprint density at radius 1 is 1.30 bits per heavy atom. The average Bonchev–Trinajstić information content (AvgIpc) is 2.39. The molecule has 1 aromatic carbocycles. The average molecular weight is 362 g/mol. The fourth-order valence-corrected chi connectivity index (χ4v) is 2.30. The predicted octanol–water partition coefficient (Wildman–Crippen LogP) is 2.27. The van der Waals surface area contributed by atoms with Crippen LogP contribution in [0.25, 0.3) is 0 Å². The Labute approximate surface area is 146 Å². The first-order chi connectivity index (χ1) is 10.3. The molecule has 7 nitrogen and oxygen atoms in total. The lowest BCUT2D eigenvalue weighted by molar-refractivity contribution is -0.167. The van der Waals surface area contributed by atoms with E-state index in [1.165, 1.54) is 5.06 Å². The summed E-state index contributed by atoms with van der Waals surface area (Å²) in [4.78, 5) is 13.9. The van der Waals surface area contributed by atoms with Gasteiger partial charge in [-0.1, -0.05) is 11.6 Å². The molecule has 0 radical (unpaired) electrons. The fraction of sp³-hybridized carbons (Fsp3) is 0.429. The number of guanidine groups is 2. The van der Waals surface area contributed by atoms with Gasteiger partial charge in [0.2, 0.25) is 11.9 Å². The van der Waals surface area contributed by atoms with Gasteiger partial charge in [-0.2, -0.15) is 10.1 Å². The lowest BCUT2D eigenvalue weighted by Crippen LogP contribution is -2.53. The number of halogens is 2. The zero-order valence-corrected chi connectivity index (χ0v) is 14.8. The van der Waals surface area contributed by atoms with E-state index in [9.17, 15) is 0 Å². The summed E-state index contributed by atoms with van der Waals surface area (Å²) in [6, 6.07) is 5.36. The first-order valence-corrected chi connectivity index (χ1v) is 7.25. The van der Waals surface area contributed by atoms with E-state index in [4.69, 9.17) is 32.6 Å². The van der Waals surface area contributed by atoms with E-state index >= 15 is 0 Å². The SMILES string of the molecule is CCOc1ccc(Cl)cc1CON1C(N)=NC(N)=NC1(C)C.Cl. The number of hydrogen-bond acceptors (Lipinski definition) is 7. The van der Waals surface area contributed by atoms with Crippen molar-refractivity contribution in [1.82, 2.24) is 5.06 Å². The van der Waals surface area contributed by atoms with Gasteiger partial charge in [0.05, 0.1) is 6.61 Å². The van der Waals surface area contributed by atoms with Crippen molar-refractivity contribution in [3.8, 4) is 5.75 Å². The highest BCUT2D eigenvalue weighted by Crippen LogP contribution is 2.26. The summed E-state index contributed by atoms with van der Waals surface area (Å²) in [5.74, 6) is 0.984. The molecule has 9 heteroatoms. The normalized spacial score (nSPS) is 16.3. The maximum absolute atomic E-state index is 6.03. The van der Waals surface area contributed by atoms with Crippen LogP contribution in [0.4, 0.5) is 0 Å². The van der Waals surface area contributed by atoms with Crippen LogP contribution in [0.2, 0.25) is 5.02 Å². The Balaban J connectivity index is 0.00000264. The number of ether oxygens (including phenoxy) is 1. The highest BCUT2D eigenvalue weighted by Gasteiger charge is 2.33. The third-order valence-electron chi connectivity index (χ3n) is 2.99. The van der Waals surface area contributed by atoms with E-state index in [1.807, 2.05) is 20.8 Å². The van der Waals surface area contributed by atoms with E-state index < -0.39 is 5.66 Å². The van der Waals surface area contributed by atoms with Crippen LogP contribution in [-0.2, 0) is 11.4 Å². The van der Waals surface area contributed by atoms with Gasteiger partial charge in [0.1, 0.15) is 12.4 Å². The number of hydroxylamine groups is 2. The maximum Gasteiger partial charge on any atom is 0.226 e. The van der Waals surface area contributed by atoms with Crippen molar-refractivity contribution < 1.29 is 9.57 Å².